The van der Waals surface area contributed by atoms with Crippen molar-refractivity contribution in [2.45, 2.75) is 19.9 Å². The molecule has 0 fully saturated rings. The van der Waals surface area contributed by atoms with E-state index in [1.54, 1.807) is 0 Å². The van der Waals surface area contributed by atoms with Gasteiger partial charge in [-0.25, -0.2) is 0 Å². The molecule has 1 unspecified atom stereocenters. The molecule has 1 aliphatic heterocycles. The summed E-state index contributed by atoms with van der Waals surface area (Å²) in [5.74, 6) is 0. The number of allylic oxidation sites excluding steroid dienone is 2. The Morgan fingerprint density at radius 1 is 1.42 bits per heavy atom. The van der Waals surface area contributed by atoms with Crippen LogP contribution in [-0.2, 0) is 0 Å². The Bertz CT molecular complexity index is 302. The molecule has 2 rings (SSSR count). The van der Waals surface area contributed by atoms with Crippen LogP contribution in [0.4, 0.5) is 0 Å². The van der Waals surface area contributed by atoms with E-state index >= 15 is 0 Å². The van der Waals surface area contributed by atoms with E-state index in [9.17, 15) is 0 Å². The Labute approximate surface area is 79.6 Å². The Morgan fingerprint density at radius 2 is 2.17 bits per heavy atom. The molecule has 0 spiro atoms. The molecule has 0 aromatic heterocycles. The molecule has 0 aromatic carbocycles. The number of nitrogens with zero attached hydrogens (tertiary/aromatic N) is 2. The molecule has 2 aliphatic rings. The Kier molecular flexibility index (Phi) is 1.95. The average Bonchev–Trinajstić information content (AvgIpc) is 2.42. The van der Waals surface area contributed by atoms with E-state index in [4.69, 9.17) is 0 Å². The van der Waals surface area contributed by atoms with Crippen molar-refractivity contribution in [3.8, 4) is 0 Å². The van der Waals surface area contributed by atoms with Crippen molar-refractivity contribution in [3.63, 3.8) is 0 Å². The molecule has 3 heteroatoms. The van der Waals surface area contributed by atoms with Gasteiger partial charge in [-0.3, -0.25) is 0 Å². The zero-order chi connectivity index (χ0) is 8.72. The fourth-order valence-electron chi connectivity index (χ4n) is 1.60. The van der Waals surface area contributed by atoms with Crippen LogP contribution in [0.2, 0.25) is 0 Å². The van der Waals surface area contributed by atoms with Crippen molar-refractivity contribution in [2.75, 3.05) is 7.05 Å². The van der Waals surface area contributed by atoms with E-state index in [1.165, 1.54) is 16.9 Å². The first-order chi connectivity index (χ1) is 5.70. The molecule has 64 valence electrons. The molecular formula is C9H12N2Se. The van der Waals surface area contributed by atoms with E-state index in [0.717, 1.165) is 0 Å². The summed E-state index contributed by atoms with van der Waals surface area (Å²) < 4.78 is 6.90. The van der Waals surface area contributed by atoms with Crippen molar-refractivity contribution in [3.05, 3.63) is 23.3 Å². The number of likely N-dealkylation sites (N-methyl/N-ethyl adjacent to an activating group) is 1. The number of rotatable bonds is 0. The quantitative estimate of drug-likeness (QED) is 0.567. The zero-order valence-electron chi connectivity index (χ0n) is 7.53. The number of hydrogen-bond acceptors (Lipinski definition) is 2. The monoisotopic (exact) mass is 228 g/mol. The van der Waals surface area contributed by atoms with Gasteiger partial charge in [0, 0.05) is 0 Å². The van der Waals surface area contributed by atoms with Gasteiger partial charge in [0.25, 0.3) is 0 Å². The third-order valence-electron chi connectivity index (χ3n) is 2.32. The maximum absolute atomic E-state index is 4.57. The summed E-state index contributed by atoms with van der Waals surface area (Å²) in [5, 5.41) is 0. The molecule has 0 amide bonds. The molecule has 12 heavy (non-hydrogen) atoms. The SMILES string of the molecule is CC1=CC=C(C)C2C1=N[Se]N2C. The normalized spacial score (nSPS) is 29.2. The van der Waals surface area contributed by atoms with Crippen molar-refractivity contribution in [1.82, 2.24) is 3.92 Å². The summed E-state index contributed by atoms with van der Waals surface area (Å²) in [7, 11) is 2.15. The van der Waals surface area contributed by atoms with Crippen LogP contribution in [0.3, 0.4) is 0 Å². The van der Waals surface area contributed by atoms with E-state index in [2.05, 4.69) is 41.0 Å². The molecule has 0 saturated carbocycles. The van der Waals surface area contributed by atoms with Gasteiger partial charge in [-0.05, 0) is 0 Å². The van der Waals surface area contributed by atoms with Gasteiger partial charge >= 0.3 is 79.3 Å². The Morgan fingerprint density at radius 3 is 2.83 bits per heavy atom. The Hall–Kier alpha value is -0.371. The number of hydrogen-bond donors (Lipinski definition) is 0. The molecule has 0 aromatic rings. The molecule has 2 nitrogen and oxygen atoms in total. The van der Waals surface area contributed by atoms with Gasteiger partial charge in [0.15, 0.2) is 0 Å². The van der Waals surface area contributed by atoms with Gasteiger partial charge in [-0.1, -0.05) is 0 Å². The summed E-state index contributed by atoms with van der Waals surface area (Å²) >= 11 is 0.314. The van der Waals surface area contributed by atoms with Crippen LogP contribution in [-0.4, -0.2) is 38.1 Å². The minimum absolute atomic E-state index is 0.314. The zero-order valence-corrected chi connectivity index (χ0v) is 9.25. The Balaban J connectivity index is 2.42. The van der Waals surface area contributed by atoms with Crippen LogP contribution < -0.4 is 0 Å². The van der Waals surface area contributed by atoms with Crippen LogP contribution in [0, 0.1) is 0 Å². The van der Waals surface area contributed by atoms with Crippen molar-refractivity contribution >= 4 is 21.1 Å². The average molecular weight is 227 g/mol. The van der Waals surface area contributed by atoms with E-state index in [-0.39, 0.29) is 0 Å². The second-order valence-electron chi connectivity index (χ2n) is 3.27. The minimum atomic E-state index is 0.314. The number of fused-ring (bicyclic) bond motifs is 1. The summed E-state index contributed by atoms with van der Waals surface area (Å²) in [4.78, 5) is 0. The van der Waals surface area contributed by atoms with E-state index in [0.29, 0.717) is 21.4 Å². The van der Waals surface area contributed by atoms with Gasteiger partial charge in [0.2, 0.25) is 0 Å². The second kappa shape index (κ2) is 2.84. The topological polar surface area (TPSA) is 15.6 Å². The van der Waals surface area contributed by atoms with Crippen molar-refractivity contribution in [1.29, 1.82) is 0 Å². The first-order valence-electron chi connectivity index (χ1n) is 4.03. The van der Waals surface area contributed by atoms with Crippen molar-refractivity contribution < 1.29 is 0 Å². The summed E-state index contributed by atoms with van der Waals surface area (Å²) in [5.41, 5.74) is 4.04. The summed E-state index contributed by atoms with van der Waals surface area (Å²) in [6, 6.07) is 0.481. The van der Waals surface area contributed by atoms with Crippen LogP contribution in [0.25, 0.3) is 0 Å². The summed E-state index contributed by atoms with van der Waals surface area (Å²) in [6.07, 6.45) is 4.37. The van der Waals surface area contributed by atoms with Crippen LogP contribution in [0.15, 0.2) is 27.3 Å². The molecule has 0 saturated heterocycles. The van der Waals surface area contributed by atoms with Crippen LogP contribution in [0.1, 0.15) is 13.8 Å². The third-order valence-corrected chi connectivity index (χ3v) is 3.89. The maximum atomic E-state index is 4.57. The second-order valence-corrected chi connectivity index (χ2v) is 5.20. The fourth-order valence-corrected chi connectivity index (χ4v) is 3.32. The van der Waals surface area contributed by atoms with E-state index in [1.807, 2.05) is 0 Å². The van der Waals surface area contributed by atoms with Crippen LogP contribution >= 0.6 is 0 Å². The molecular weight excluding hydrogens is 215 g/mol. The van der Waals surface area contributed by atoms with E-state index < -0.39 is 0 Å². The van der Waals surface area contributed by atoms with Crippen molar-refractivity contribution in [2.24, 2.45) is 4.01 Å². The molecule has 0 radical (unpaired) electrons. The first-order valence-corrected chi connectivity index (χ1v) is 5.56. The van der Waals surface area contributed by atoms with Gasteiger partial charge in [-0.15, -0.1) is 0 Å². The third kappa shape index (κ3) is 1.09. The van der Waals surface area contributed by atoms with Gasteiger partial charge in [-0.2, -0.15) is 0 Å². The molecule has 0 N–H and O–H groups in total. The van der Waals surface area contributed by atoms with Gasteiger partial charge in [0.1, 0.15) is 0 Å². The predicted molar refractivity (Wildman–Crippen MR) is 52.3 cm³/mol. The molecule has 1 aliphatic carbocycles. The molecule has 1 heterocycles. The van der Waals surface area contributed by atoms with Gasteiger partial charge in [0.05, 0.1) is 0 Å². The van der Waals surface area contributed by atoms with Gasteiger partial charge < -0.3 is 0 Å². The summed E-state index contributed by atoms with van der Waals surface area (Å²) in [6.45, 7) is 4.32. The molecule has 0 bridgehead atoms. The molecule has 1 atom stereocenters. The first kappa shape index (κ1) is 8.24. The fraction of sp³-hybridized carbons (Fsp3) is 0.444. The predicted octanol–water partition coefficient (Wildman–Crippen LogP) is 1.18. The standard InChI is InChI=1S/C9H12N2Se/c1-6-4-5-7(2)9-8(6)10-12-11(9)3/h4-5,9H,1-3H3. The van der Waals surface area contributed by atoms with Crippen LogP contribution in [0.5, 0.6) is 0 Å².